The van der Waals surface area contributed by atoms with Gasteiger partial charge in [-0.1, -0.05) is 38.5 Å². The lowest BCUT2D eigenvalue weighted by Gasteiger charge is -2.31. The minimum absolute atomic E-state index is 0.0176. The molecule has 0 unspecified atom stereocenters. The Hall–Kier alpha value is -1.56. The van der Waals surface area contributed by atoms with Gasteiger partial charge in [0.2, 0.25) is 15.9 Å². The molecule has 1 aromatic rings. The zero-order chi connectivity index (χ0) is 17.8. The van der Waals surface area contributed by atoms with Crippen LogP contribution in [0.5, 0.6) is 0 Å². The summed E-state index contributed by atoms with van der Waals surface area (Å²) in [4.78, 5) is 12.6. The van der Waals surface area contributed by atoms with E-state index >= 15 is 0 Å². The van der Waals surface area contributed by atoms with Gasteiger partial charge >= 0.3 is 0 Å². The molecule has 0 spiro atoms. The van der Waals surface area contributed by atoms with Crippen LogP contribution in [0, 0.1) is 12.8 Å². The van der Waals surface area contributed by atoms with Gasteiger partial charge in [-0.05, 0) is 38.3 Å². The molecule has 0 aliphatic heterocycles. The Bertz CT molecular complexity index is 624. The zero-order valence-corrected chi connectivity index (χ0v) is 15.6. The molecule has 0 saturated carbocycles. The minimum Gasteiger partial charge on any atom is -0.352 e. The van der Waals surface area contributed by atoms with Crippen LogP contribution in [0.15, 0.2) is 24.3 Å². The first-order valence-electron chi connectivity index (χ1n) is 7.94. The molecular formula is C17H28N2O3S. The van der Waals surface area contributed by atoms with Crippen molar-refractivity contribution in [1.82, 2.24) is 5.32 Å². The fourth-order valence-corrected chi connectivity index (χ4v) is 3.45. The predicted octanol–water partition coefficient (Wildman–Crippen LogP) is 2.70. The van der Waals surface area contributed by atoms with Crippen molar-refractivity contribution < 1.29 is 13.2 Å². The van der Waals surface area contributed by atoms with E-state index < -0.39 is 16.1 Å². The number of benzene rings is 1. The van der Waals surface area contributed by atoms with Crippen molar-refractivity contribution in [1.29, 1.82) is 0 Å². The summed E-state index contributed by atoms with van der Waals surface area (Å²) in [5, 5.41) is 2.92. The molecule has 0 bridgehead atoms. The number of amides is 1. The Morgan fingerprint density at radius 2 is 1.70 bits per heavy atom. The quantitative estimate of drug-likeness (QED) is 0.830. The van der Waals surface area contributed by atoms with E-state index in [9.17, 15) is 13.2 Å². The van der Waals surface area contributed by atoms with E-state index in [0.717, 1.165) is 11.8 Å². The lowest BCUT2D eigenvalue weighted by atomic mass is 10.1. The SMILES string of the molecule is CC[C@H](C(=O)N[C@H](C)C(C)C)N(c1ccc(C)cc1)S(C)(=O)=O. The molecule has 6 heteroatoms. The van der Waals surface area contributed by atoms with Crippen LogP contribution in [0.25, 0.3) is 0 Å². The predicted molar refractivity (Wildman–Crippen MR) is 95.0 cm³/mol. The molecular weight excluding hydrogens is 312 g/mol. The molecule has 5 nitrogen and oxygen atoms in total. The maximum atomic E-state index is 12.6. The molecule has 2 atom stereocenters. The Morgan fingerprint density at radius 1 is 1.17 bits per heavy atom. The van der Waals surface area contributed by atoms with Gasteiger partial charge < -0.3 is 5.32 Å². The summed E-state index contributed by atoms with van der Waals surface area (Å²) in [6.45, 7) is 9.70. The molecule has 0 fully saturated rings. The van der Waals surface area contributed by atoms with Crippen LogP contribution in [-0.2, 0) is 14.8 Å². The summed E-state index contributed by atoms with van der Waals surface area (Å²) in [6.07, 6.45) is 1.53. The number of hydrogen-bond acceptors (Lipinski definition) is 3. The Morgan fingerprint density at radius 3 is 2.09 bits per heavy atom. The van der Waals surface area contributed by atoms with Crippen molar-refractivity contribution >= 4 is 21.6 Å². The van der Waals surface area contributed by atoms with Gasteiger partial charge in [0.1, 0.15) is 6.04 Å². The molecule has 1 N–H and O–H groups in total. The molecule has 1 amide bonds. The first kappa shape index (κ1) is 19.5. The van der Waals surface area contributed by atoms with Crippen molar-refractivity contribution in [3.8, 4) is 0 Å². The van der Waals surface area contributed by atoms with Gasteiger partial charge in [0.25, 0.3) is 0 Å². The van der Waals surface area contributed by atoms with Crippen LogP contribution in [0.3, 0.4) is 0 Å². The smallest absolute Gasteiger partial charge is 0.244 e. The average Bonchev–Trinajstić information content (AvgIpc) is 2.44. The summed E-state index contributed by atoms with van der Waals surface area (Å²) in [7, 11) is -3.57. The van der Waals surface area contributed by atoms with E-state index in [4.69, 9.17) is 0 Å². The molecule has 0 radical (unpaired) electrons. The summed E-state index contributed by atoms with van der Waals surface area (Å²) in [5.74, 6) is 0.0159. The van der Waals surface area contributed by atoms with Crippen LogP contribution in [0.4, 0.5) is 5.69 Å². The number of aryl methyl sites for hydroxylation is 1. The van der Waals surface area contributed by atoms with Crippen molar-refractivity contribution in [2.45, 2.75) is 53.1 Å². The third-order valence-corrected chi connectivity index (χ3v) is 5.17. The summed E-state index contributed by atoms with van der Waals surface area (Å²) in [6, 6.07) is 6.38. The minimum atomic E-state index is -3.57. The van der Waals surface area contributed by atoms with Crippen LogP contribution < -0.4 is 9.62 Å². The average molecular weight is 340 g/mol. The molecule has 1 rings (SSSR count). The standard InChI is InChI=1S/C17H28N2O3S/c1-7-16(17(20)18-14(5)12(2)3)19(23(6,21)22)15-10-8-13(4)9-11-15/h8-12,14,16H,7H2,1-6H3,(H,18,20)/t14-,16-/m1/s1. The van der Waals surface area contributed by atoms with E-state index in [1.54, 1.807) is 12.1 Å². The molecule has 0 aromatic heterocycles. The number of hydrogen-bond donors (Lipinski definition) is 1. The molecule has 23 heavy (non-hydrogen) atoms. The summed E-state index contributed by atoms with van der Waals surface area (Å²) >= 11 is 0. The van der Waals surface area contributed by atoms with Crippen LogP contribution in [0.2, 0.25) is 0 Å². The third kappa shape index (κ3) is 5.23. The lowest BCUT2D eigenvalue weighted by Crippen LogP contribution is -2.51. The molecule has 0 saturated heterocycles. The van der Waals surface area contributed by atoms with Crippen LogP contribution in [-0.4, -0.2) is 32.7 Å². The topological polar surface area (TPSA) is 66.5 Å². The van der Waals surface area contributed by atoms with E-state index in [1.807, 2.05) is 46.8 Å². The van der Waals surface area contributed by atoms with Crippen LogP contribution >= 0.6 is 0 Å². The molecule has 1 aromatic carbocycles. The number of nitrogens with one attached hydrogen (secondary N) is 1. The number of rotatable bonds is 7. The number of sulfonamides is 1. The van der Waals surface area contributed by atoms with Crippen molar-refractivity contribution in [2.24, 2.45) is 5.92 Å². The van der Waals surface area contributed by atoms with Gasteiger partial charge in [-0.25, -0.2) is 8.42 Å². The summed E-state index contributed by atoms with van der Waals surface area (Å²) in [5.41, 5.74) is 1.55. The molecule has 0 heterocycles. The maximum Gasteiger partial charge on any atom is 0.244 e. The van der Waals surface area contributed by atoms with Gasteiger partial charge in [-0.3, -0.25) is 9.10 Å². The highest BCUT2D eigenvalue weighted by Crippen LogP contribution is 2.23. The van der Waals surface area contributed by atoms with Crippen molar-refractivity contribution in [3.63, 3.8) is 0 Å². The number of carbonyl (C=O) groups is 1. The Kier molecular flexibility index (Phi) is 6.62. The van der Waals surface area contributed by atoms with Gasteiger partial charge in [-0.2, -0.15) is 0 Å². The van der Waals surface area contributed by atoms with E-state index in [1.165, 1.54) is 4.31 Å². The fourth-order valence-electron chi connectivity index (χ4n) is 2.24. The van der Waals surface area contributed by atoms with Gasteiger partial charge in [-0.15, -0.1) is 0 Å². The van der Waals surface area contributed by atoms with Crippen molar-refractivity contribution in [2.75, 3.05) is 10.6 Å². The van der Waals surface area contributed by atoms with Crippen molar-refractivity contribution in [3.05, 3.63) is 29.8 Å². The fraction of sp³-hybridized carbons (Fsp3) is 0.588. The monoisotopic (exact) mass is 340 g/mol. The lowest BCUT2D eigenvalue weighted by molar-refractivity contribution is -0.123. The number of carbonyl (C=O) groups excluding carboxylic acids is 1. The van der Waals surface area contributed by atoms with E-state index in [2.05, 4.69) is 5.32 Å². The molecule has 130 valence electrons. The van der Waals surface area contributed by atoms with E-state index in [-0.39, 0.29) is 17.9 Å². The highest BCUT2D eigenvalue weighted by Gasteiger charge is 2.32. The first-order valence-corrected chi connectivity index (χ1v) is 9.79. The van der Waals surface area contributed by atoms with Crippen LogP contribution in [0.1, 0.15) is 39.7 Å². The zero-order valence-electron chi connectivity index (χ0n) is 14.8. The normalized spacial score (nSPS) is 14.4. The van der Waals surface area contributed by atoms with Gasteiger partial charge in [0, 0.05) is 6.04 Å². The second-order valence-corrected chi connectivity index (χ2v) is 8.22. The highest BCUT2D eigenvalue weighted by atomic mass is 32.2. The molecule has 0 aliphatic rings. The Balaban J connectivity index is 3.18. The Labute approximate surface area is 140 Å². The number of anilines is 1. The van der Waals surface area contributed by atoms with E-state index in [0.29, 0.717) is 12.1 Å². The van der Waals surface area contributed by atoms with Gasteiger partial charge in [0.05, 0.1) is 11.9 Å². The highest BCUT2D eigenvalue weighted by molar-refractivity contribution is 7.92. The van der Waals surface area contributed by atoms with Gasteiger partial charge in [0.15, 0.2) is 0 Å². The second-order valence-electron chi connectivity index (χ2n) is 6.36. The second kappa shape index (κ2) is 7.81. The summed E-state index contributed by atoms with van der Waals surface area (Å²) < 4.78 is 25.8. The molecule has 0 aliphatic carbocycles. The largest absolute Gasteiger partial charge is 0.352 e. The maximum absolute atomic E-state index is 12.6. The third-order valence-electron chi connectivity index (χ3n) is 3.99. The first-order chi connectivity index (χ1) is 10.6. The number of nitrogens with zero attached hydrogens (tertiary/aromatic N) is 1.